The predicted octanol–water partition coefficient (Wildman–Crippen LogP) is 2.14. The van der Waals surface area contributed by atoms with Crippen molar-refractivity contribution in [3.63, 3.8) is 0 Å². The van der Waals surface area contributed by atoms with Gasteiger partial charge in [-0.2, -0.15) is 0 Å². The van der Waals surface area contributed by atoms with E-state index in [-0.39, 0.29) is 0 Å². The van der Waals surface area contributed by atoms with E-state index in [2.05, 4.69) is 0 Å². The molecule has 3 nitrogen and oxygen atoms in total. The molecule has 13 heavy (non-hydrogen) atoms. The average molecular weight is 188 g/mol. The van der Waals surface area contributed by atoms with Crippen LogP contribution in [-0.2, 0) is 0 Å². The van der Waals surface area contributed by atoms with Gasteiger partial charge in [0, 0.05) is 5.54 Å². The van der Waals surface area contributed by atoms with Crippen molar-refractivity contribution in [3.05, 3.63) is 5.21 Å². The van der Waals surface area contributed by atoms with Crippen LogP contribution in [0.2, 0.25) is 0 Å². The van der Waals surface area contributed by atoms with Gasteiger partial charge in [0.25, 0.3) is 0 Å². The molecule has 0 spiro atoms. The fourth-order valence-corrected chi connectivity index (χ4v) is 1.86. The second kappa shape index (κ2) is 4.40. The van der Waals surface area contributed by atoms with E-state index in [1.54, 1.807) is 0 Å². The number of hydrogen-bond donors (Lipinski definition) is 1. The first-order valence-corrected chi connectivity index (χ1v) is 5.01. The summed E-state index contributed by atoms with van der Waals surface area (Å²) in [6.45, 7) is 7.60. The van der Waals surface area contributed by atoms with Crippen LogP contribution in [0.15, 0.2) is 0 Å². The lowest BCUT2D eigenvalue weighted by Crippen LogP contribution is -2.58. The molecule has 1 N–H and O–H groups in total. The third-order valence-corrected chi connectivity index (χ3v) is 3.56. The van der Waals surface area contributed by atoms with Crippen LogP contribution in [0.4, 0.5) is 0 Å². The first kappa shape index (κ1) is 12.9. The minimum Gasteiger partial charge on any atom is -0.785 e. The molecule has 0 saturated heterocycles. The summed E-state index contributed by atoms with van der Waals surface area (Å²) < 4.78 is 0. The highest BCUT2D eigenvalue weighted by Crippen LogP contribution is 2.35. The number of nitrogens with zero attached hydrogens (tertiary/aromatic N) is 1. The van der Waals surface area contributed by atoms with Crippen LogP contribution in [0.1, 0.15) is 47.0 Å². The van der Waals surface area contributed by atoms with E-state index in [0.29, 0.717) is 19.3 Å². The Labute approximate surface area is 81.3 Å². The van der Waals surface area contributed by atoms with Gasteiger partial charge in [-0.05, 0) is 33.2 Å². The summed E-state index contributed by atoms with van der Waals surface area (Å²) in [5.74, 6) is 0. The van der Waals surface area contributed by atoms with Crippen molar-refractivity contribution >= 4 is 0 Å². The van der Waals surface area contributed by atoms with Gasteiger partial charge in [-0.3, -0.25) is 0 Å². The molecule has 0 heterocycles. The molecule has 0 aliphatic rings. The summed E-state index contributed by atoms with van der Waals surface area (Å²) in [6.07, 6.45) is 1.88. The Balaban J connectivity index is 4.91. The molecular weight excluding hydrogens is 166 g/mol. The van der Waals surface area contributed by atoms with Crippen molar-refractivity contribution in [1.82, 2.24) is 5.06 Å². The summed E-state index contributed by atoms with van der Waals surface area (Å²) in [6, 6.07) is 0. The summed E-state index contributed by atoms with van der Waals surface area (Å²) in [7, 11) is 1.49. The van der Waals surface area contributed by atoms with Gasteiger partial charge in [-0.25, -0.2) is 0 Å². The molecule has 0 rings (SSSR count). The number of hydroxylamine groups is 2. The minimum absolute atomic E-state index is 0.612. The van der Waals surface area contributed by atoms with Gasteiger partial charge < -0.3 is 15.4 Å². The van der Waals surface area contributed by atoms with Gasteiger partial charge in [0.2, 0.25) is 0 Å². The lowest BCUT2D eigenvalue weighted by atomic mass is 9.75. The highest BCUT2D eigenvalue weighted by atomic mass is 16.5. The van der Waals surface area contributed by atoms with E-state index in [0.717, 1.165) is 5.06 Å². The SMILES string of the molecule is CCC(O)(CC)C(C)(CC)N(C)[O-]. The standard InChI is InChI=1S/C10H22NO2/c1-6-9(4,11(5)13)10(12,7-2)8-3/h12H,6-8H2,1-5H3/q-1. The van der Waals surface area contributed by atoms with Crippen LogP contribution in [-0.4, -0.2) is 28.4 Å². The Morgan fingerprint density at radius 3 is 1.62 bits per heavy atom. The topological polar surface area (TPSA) is 46.5 Å². The third kappa shape index (κ3) is 2.03. The van der Waals surface area contributed by atoms with Crippen molar-refractivity contribution in [3.8, 4) is 0 Å². The largest absolute Gasteiger partial charge is 0.785 e. The van der Waals surface area contributed by atoms with Crippen LogP contribution >= 0.6 is 0 Å². The summed E-state index contributed by atoms with van der Waals surface area (Å²) >= 11 is 0. The van der Waals surface area contributed by atoms with Crippen molar-refractivity contribution in [2.24, 2.45) is 0 Å². The molecule has 0 aromatic rings. The molecule has 0 aliphatic carbocycles. The Morgan fingerprint density at radius 2 is 1.54 bits per heavy atom. The van der Waals surface area contributed by atoms with Gasteiger partial charge in [0.15, 0.2) is 0 Å². The maximum absolute atomic E-state index is 11.4. The molecule has 0 radical (unpaired) electrons. The average Bonchev–Trinajstić information content (AvgIpc) is 2.14. The molecule has 0 aromatic heterocycles. The van der Waals surface area contributed by atoms with Crippen molar-refractivity contribution in [2.45, 2.75) is 58.1 Å². The highest BCUT2D eigenvalue weighted by molar-refractivity contribution is 5.01. The van der Waals surface area contributed by atoms with E-state index < -0.39 is 11.1 Å². The van der Waals surface area contributed by atoms with E-state index in [1.807, 2.05) is 27.7 Å². The Morgan fingerprint density at radius 1 is 1.15 bits per heavy atom. The quantitative estimate of drug-likeness (QED) is 0.672. The minimum atomic E-state index is -0.877. The molecule has 0 aliphatic heterocycles. The number of rotatable bonds is 5. The second-order valence-electron chi connectivity index (χ2n) is 3.86. The number of aliphatic hydroxyl groups is 1. The predicted molar refractivity (Wildman–Crippen MR) is 55.4 cm³/mol. The van der Waals surface area contributed by atoms with Gasteiger partial charge in [-0.1, -0.05) is 20.8 Å². The molecule has 0 fully saturated rings. The first-order valence-electron chi connectivity index (χ1n) is 5.01. The molecule has 0 saturated carbocycles. The number of likely N-dealkylation sites (N-methyl/N-ethyl adjacent to an activating group) is 1. The van der Waals surface area contributed by atoms with Crippen LogP contribution in [0, 0.1) is 5.21 Å². The lowest BCUT2D eigenvalue weighted by Gasteiger charge is -2.53. The summed E-state index contributed by atoms with van der Waals surface area (Å²) in [5.41, 5.74) is -1.55. The smallest absolute Gasteiger partial charge is 0.0813 e. The normalized spacial score (nSPS) is 17.5. The van der Waals surface area contributed by atoms with Crippen LogP contribution in [0.25, 0.3) is 0 Å². The van der Waals surface area contributed by atoms with Crippen LogP contribution in [0.3, 0.4) is 0 Å². The first-order chi connectivity index (χ1) is 5.88. The maximum Gasteiger partial charge on any atom is 0.0813 e. The molecule has 1 atom stereocenters. The molecule has 1 unspecified atom stereocenters. The van der Waals surface area contributed by atoms with Gasteiger partial charge in [0.05, 0.1) is 5.60 Å². The summed E-state index contributed by atoms with van der Waals surface area (Å²) in [4.78, 5) is 0. The zero-order valence-electron chi connectivity index (χ0n) is 9.42. The molecular formula is C10H22NO2-. The zero-order chi connectivity index (χ0) is 10.7. The Hall–Kier alpha value is -0.120. The van der Waals surface area contributed by atoms with E-state index >= 15 is 0 Å². The van der Waals surface area contributed by atoms with Gasteiger partial charge in [0.1, 0.15) is 0 Å². The molecule has 0 bridgehead atoms. The Bertz CT molecular complexity index is 155. The Kier molecular flexibility index (Phi) is 4.36. The van der Waals surface area contributed by atoms with Crippen molar-refractivity contribution in [2.75, 3.05) is 7.05 Å². The van der Waals surface area contributed by atoms with Crippen molar-refractivity contribution in [1.29, 1.82) is 0 Å². The lowest BCUT2D eigenvalue weighted by molar-refractivity contribution is -0.0908. The molecule has 0 aromatic carbocycles. The highest BCUT2D eigenvalue weighted by Gasteiger charge is 2.42. The number of hydrogen-bond acceptors (Lipinski definition) is 3. The second-order valence-corrected chi connectivity index (χ2v) is 3.86. The monoisotopic (exact) mass is 188 g/mol. The third-order valence-electron chi connectivity index (χ3n) is 3.56. The van der Waals surface area contributed by atoms with E-state index in [1.165, 1.54) is 7.05 Å². The van der Waals surface area contributed by atoms with Crippen molar-refractivity contribution < 1.29 is 5.11 Å². The molecule has 0 amide bonds. The van der Waals surface area contributed by atoms with E-state index in [9.17, 15) is 10.3 Å². The fourth-order valence-electron chi connectivity index (χ4n) is 1.86. The molecule has 80 valence electrons. The maximum atomic E-state index is 11.4. The summed E-state index contributed by atoms with van der Waals surface area (Å²) in [5, 5.41) is 22.6. The van der Waals surface area contributed by atoms with Gasteiger partial charge >= 0.3 is 0 Å². The zero-order valence-corrected chi connectivity index (χ0v) is 9.42. The fraction of sp³-hybridized carbons (Fsp3) is 1.00. The molecule has 3 heteroatoms. The van der Waals surface area contributed by atoms with E-state index in [4.69, 9.17) is 0 Å². The van der Waals surface area contributed by atoms with Crippen LogP contribution < -0.4 is 0 Å². The van der Waals surface area contributed by atoms with Gasteiger partial charge in [-0.15, -0.1) is 0 Å². The van der Waals surface area contributed by atoms with Crippen LogP contribution in [0.5, 0.6) is 0 Å².